The number of rotatable bonds is 10. The van der Waals surface area contributed by atoms with E-state index in [9.17, 15) is 23.4 Å². The number of aryl methyl sites for hydroxylation is 1. The maximum Gasteiger partial charge on any atom is 0.268 e. The van der Waals surface area contributed by atoms with Crippen molar-refractivity contribution in [2.45, 2.75) is 76.5 Å². The summed E-state index contributed by atoms with van der Waals surface area (Å²) in [4.78, 5) is 12.2. The Bertz CT molecular complexity index is 1210. The van der Waals surface area contributed by atoms with Crippen LogP contribution in [-0.2, 0) is 27.7 Å². The second-order valence-electron chi connectivity index (χ2n) is 9.42. The van der Waals surface area contributed by atoms with Crippen molar-refractivity contribution in [3.8, 4) is 11.5 Å². The summed E-state index contributed by atoms with van der Waals surface area (Å²) in [6.45, 7) is 9.97. The first kappa shape index (κ1) is 26.6. The van der Waals surface area contributed by atoms with Gasteiger partial charge < -0.3 is 14.6 Å². The third-order valence-electron chi connectivity index (χ3n) is 6.54. The summed E-state index contributed by atoms with van der Waals surface area (Å²) in [6, 6.07) is 4.61. The number of carbonyl (C=O) groups excluding carboxylic acids is 1. The number of sulfonamides is 1. The van der Waals surface area contributed by atoms with Gasteiger partial charge in [-0.2, -0.15) is 0 Å². The van der Waals surface area contributed by atoms with Gasteiger partial charge in [-0.05, 0) is 69.2 Å². The van der Waals surface area contributed by atoms with Crippen molar-refractivity contribution >= 4 is 15.9 Å². The van der Waals surface area contributed by atoms with Gasteiger partial charge in [-0.3, -0.25) is 4.79 Å². The lowest BCUT2D eigenvalue weighted by molar-refractivity contribution is -0.118. The van der Waals surface area contributed by atoms with Crippen LogP contribution in [0.4, 0.5) is 0 Å². The van der Waals surface area contributed by atoms with E-state index >= 15 is 0 Å². The van der Waals surface area contributed by atoms with Crippen LogP contribution >= 0.6 is 0 Å². The Morgan fingerprint density at radius 2 is 2.03 bits per heavy atom. The number of phenolic OH excluding ortho intramolecular Hbond substituents is 2. The predicted molar refractivity (Wildman–Crippen MR) is 135 cm³/mol. The second kappa shape index (κ2) is 11.2. The van der Waals surface area contributed by atoms with E-state index < -0.39 is 27.6 Å². The first-order chi connectivity index (χ1) is 16.5. The van der Waals surface area contributed by atoms with Crippen LogP contribution in [0, 0.1) is 5.92 Å². The molecule has 8 heteroatoms. The molecular weight excluding hydrogens is 466 g/mol. The van der Waals surface area contributed by atoms with Crippen molar-refractivity contribution in [1.29, 1.82) is 0 Å². The molecule has 2 aromatic rings. The van der Waals surface area contributed by atoms with Gasteiger partial charge in [0, 0.05) is 11.5 Å². The normalized spacial score (nSPS) is 18.2. The van der Waals surface area contributed by atoms with Gasteiger partial charge in [-0.15, -0.1) is 0 Å². The van der Waals surface area contributed by atoms with Gasteiger partial charge in [0.05, 0.1) is 12.7 Å². The van der Waals surface area contributed by atoms with Gasteiger partial charge >= 0.3 is 0 Å². The summed E-state index contributed by atoms with van der Waals surface area (Å²) in [5.74, 6) is -1.62. The monoisotopic (exact) mass is 501 g/mol. The van der Waals surface area contributed by atoms with Crippen LogP contribution < -0.4 is 4.72 Å². The molecular formula is C27H35NO6S. The number of furan rings is 1. The highest BCUT2D eigenvalue weighted by Crippen LogP contribution is 2.49. The van der Waals surface area contributed by atoms with Crippen molar-refractivity contribution in [3.63, 3.8) is 0 Å². The minimum Gasteiger partial charge on any atom is -0.507 e. The summed E-state index contributed by atoms with van der Waals surface area (Å²) in [7, 11) is -4.44. The predicted octanol–water partition coefficient (Wildman–Crippen LogP) is 5.49. The molecule has 2 unspecified atom stereocenters. The summed E-state index contributed by atoms with van der Waals surface area (Å²) in [6.07, 6.45) is 7.53. The SMILES string of the molecule is C=C(C)C1CCC(C)=CC1c1c(O)cc(CCCCC)c(S(=O)(=O)NC(=O)Cc2ccco2)c1O. The first-order valence-electron chi connectivity index (χ1n) is 12.0. The molecule has 2 atom stereocenters. The van der Waals surface area contributed by atoms with Gasteiger partial charge in [0.15, 0.2) is 0 Å². The van der Waals surface area contributed by atoms with Crippen LogP contribution in [0.3, 0.4) is 0 Å². The minimum atomic E-state index is -4.44. The van der Waals surface area contributed by atoms with E-state index in [1.54, 1.807) is 12.1 Å². The lowest BCUT2D eigenvalue weighted by Gasteiger charge is -2.32. The summed E-state index contributed by atoms with van der Waals surface area (Å²) >= 11 is 0. The van der Waals surface area contributed by atoms with Gasteiger partial charge in [0.25, 0.3) is 10.0 Å². The third-order valence-corrected chi connectivity index (χ3v) is 8.03. The third kappa shape index (κ3) is 6.17. The molecule has 0 bridgehead atoms. The molecule has 190 valence electrons. The highest BCUT2D eigenvalue weighted by atomic mass is 32.2. The molecule has 1 aromatic carbocycles. The van der Waals surface area contributed by atoms with Crippen LogP contribution in [0.5, 0.6) is 11.5 Å². The Morgan fingerprint density at radius 1 is 1.29 bits per heavy atom. The molecule has 1 amide bonds. The second-order valence-corrected chi connectivity index (χ2v) is 11.0. The zero-order valence-corrected chi connectivity index (χ0v) is 21.5. The van der Waals surface area contributed by atoms with Gasteiger partial charge in [0.1, 0.15) is 22.2 Å². The molecule has 0 saturated carbocycles. The Balaban J connectivity index is 2.10. The fourth-order valence-electron chi connectivity index (χ4n) is 4.80. The molecule has 0 fully saturated rings. The smallest absolute Gasteiger partial charge is 0.268 e. The molecule has 3 rings (SSSR count). The molecule has 3 N–H and O–H groups in total. The van der Waals surface area contributed by atoms with Crippen molar-refractivity contribution in [1.82, 2.24) is 4.72 Å². The van der Waals surface area contributed by atoms with E-state index in [0.29, 0.717) is 18.6 Å². The molecule has 1 heterocycles. The minimum absolute atomic E-state index is 0.0643. The lowest BCUT2D eigenvalue weighted by atomic mass is 9.73. The number of benzene rings is 1. The molecule has 1 aromatic heterocycles. The molecule has 7 nitrogen and oxygen atoms in total. The Hall–Kier alpha value is -3.00. The maximum absolute atomic E-state index is 13.4. The van der Waals surface area contributed by atoms with E-state index in [1.807, 2.05) is 26.8 Å². The van der Waals surface area contributed by atoms with Crippen molar-refractivity contribution < 1.29 is 27.8 Å². The van der Waals surface area contributed by atoms with Crippen molar-refractivity contribution in [2.24, 2.45) is 5.92 Å². The van der Waals surface area contributed by atoms with Crippen LogP contribution in [0.25, 0.3) is 0 Å². The zero-order chi connectivity index (χ0) is 25.8. The zero-order valence-electron chi connectivity index (χ0n) is 20.6. The summed E-state index contributed by atoms with van der Waals surface area (Å²) in [5, 5.41) is 22.4. The van der Waals surface area contributed by atoms with E-state index in [0.717, 1.165) is 36.8 Å². The van der Waals surface area contributed by atoms with Crippen molar-refractivity contribution in [2.75, 3.05) is 0 Å². The van der Waals surface area contributed by atoms with E-state index in [-0.39, 0.29) is 34.1 Å². The fraction of sp³-hybridized carbons (Fsp3) is 0.444. The van der Waals surface area contributed by atoms with Gasteiger partial charge in [-0.1, -0.05) is 43.6 Å². The van der Waals surface area contributed by atoms with E-state index in [2.05, 4.69) is 11.3 Å². The molecule has 35 heavy (non-hydrogen) atoms. The highest BCUT2D eigenvalue weighted by molar-refractivity contribution is 7.90. The molecule has 0 spiro atoms. The number of allylic oxidation sites excluding steroid dienone is 3. The lowest BCUT2D eigenvalue weighted by Crippen LogP contribution is -2.32. The number of aromatic hydroxyl groups is 2. The fourth-order valence-corrected chi connectivity index (χ4v) is 6.14. The number of hydrogen-bond donors (Lipinski definition) is 3. The quantitative estimate of drug-likeness (QED) is 0.293. The van der Waals surface area contributed by atoms with Crippen LogP contribution in [-0.4, -0.2) is 24.5 Å². The van der Waals surface area contributed by atoms with E-state index in [1.165, 1.54) is 12.3 Å². The standard InChI is InChI=1S/C27H35NO6S/c1-5-6-7-9-19-15-23(29)25(22-14-18(4)11-12-21(22)17(2)3)26(31)27(19)35(32,33)28-24(30)16-20-10-8-13-34-20/h8,10,13-15,21-22,29,31H,2,5-7,9,11-12,16H2,1,3-4H3,(H,28,30). The average Bonchev–Trinajstić information content (AvgIpc) is 3.25. The highest BCUT2D eigenvalue weighted by Gasteiger charge is 2.35. The number of hydrogen-bond acceptors (Lipinski definition) is 6. The topological polar surface area (TPSA) is 117 Å². The number of phenols is 2. The molecule has 1 aliphatic carbocycles. The van der Waals surface area contributed by atoms with Gasteiger partial charge in [0.2, 0.25) is 5.91 Å². The van der Waals surface area contributed by atoms with Crippen LogP contribution in [0.15, 0.2) is 57.6 Å². The number of carbonyl (C=O) groups is 1. The number of unbranched alkanes of at least 4 members (excludes halogenated alkanes) is 2. The Kier molecular flexibility index (Phi) is 8.48. The number of nitrogens with one attached hydrogen (secondary N) is 1. The van der Waals surface area contributed by atoms with Gasteiger partial charge in [-0.25, -0.2) is 13.1 Å². The van der Waals surface area contributed by atoms with E-state index in [4.69, 9.17) is 4.42 Å². The maximum atomic E-state index is 13.4. The molecule has 0 aliphatic heterocycles. The van der Waals surface area contributed by atoms with Crippen molar-refractivity contribution in [3.05, 3.63) is 65.2 Å². The van der Waals surface area contributed by atoms with Crippen LogP contribution in [0.2, 0.25) is 0 Å². The largest absolute Gasteiger partial charge is 0.507 e. The van der Waals surface area contributed by atoms with Crippen LogP contribution in [0.1, 0.15) is 75.7 Å². The molecule has 1 aliphatic rings. The number of amides is 1. The first-order valence-corrected chi connectivity index (χ1v) is 13.5. The average molecular weight is 502 g/mol. The summed E-state index contributed by atoms with van der Waals surface area (Å²) < 4.78 is 34.1. The summed E-state index contributed by atoms with van der Waals surface area (Å²) in [5.41, 5.74) is 2.41. The Labute approximate surface area is 207 Å². The molecule has 0 radical (unpaired) electrons. The molecule has 0 saturated heterocycles. The Morgan fingerprint density at radius 3 is 2.66 bits per heavy atom.